The van der Waals surface area contributed by atoms with E-state index in [1.807, 2.05) is 11.8 Å². The van der Waals surface area contributed by atoms with E-state index in [1.165, 1.54) is 4.31 Å². The molecule has 0 bridgehead atoms. The van der Waals surface area contributed by atoms with Crippen LogP contribution in [0.2, 0.25) is 0 Å². The Hall–Kier alpha value is -1.44. The highest BCUT2D eigenvalue weighted by atomic mass is 32.2. The molecule has 2 rings (SSSR count). The van der Waals surface area contributed by atoms with E-state index in [1.54, 1.807) is 30.3 Å². The largest absolute Gasteiger partial charge is 0.340 e. The lowest BCUT2D eigenvalue weighted by molar-refractivity contribution is -0.131. The number of rotatable bonds is 8. The van der Waals surface area contributed by atoms with Gasteiger partial charge < -0.3 is 10.2 Å². The zero-order valence-electron chi connectivity index (χ0n) is 14.3. The van der Waals surface area contributed by atoms with Gasteiger partial charge in [-0.05, 0) is 18.6 Å². The molecule has 1 aromatic carbocycles. The van der Waals surface area contributed by atoms with Crippen LogP contribution in [0, 0.1) is 0 Å². The number of carbonyl (C=O) groups is 1. The smallest absolute Gasteiger partial charge is 0.243 e. The van der Waals surface area contributed by atoms with E-state index in [0.29, 0.717) is 19.6 Å². The molecule has 24 heavy (non-hydrogen) atoms. The molecule has 1 heterocycles. The number of amides is 1. The third-order valence-electron chi connectivity index (χ3n) is 4.19. The molecular formula is C17H27N3O3S. The highest BCUT2D eigenvalue weighted by Crippen LogP contribution is 2.16. The fourth-order valence-electron chi connectivity index (χ4n) is 2.72. The lowest BCUT2D eigenvalue weighted by Gasteiger charge is -2.28. The summed E-state index contributed by atoms with van der Waals surface area (Å²) in [5.74, 6) is 0.0289. The van der Waals surface area contributed by atoms with E-state index in [2.05, 4.69) is 5.32 Å². The van der Waals surface area contributed by atoms with Gasteiger partial charge >= 0.3 is 0 Å². The summed E-state index contributed by atoms with van der Waals surface area (Å²) in [6.45, 7) is 5.70. The number of unbranched alkanes of at least 4 members (excludes halogenated alkanes) is 1. The van der Waals surface area contributed by atoms with Crippen LogP contribution in [0.15, 0.2) is 35.2 Å². The highest BCUT2D eigenvalue weighted by molar-refractivity contribution is 7.89. The van der Waals surface area contributed by atoms with Crippen molar-refractivity contribution in [2.45, 2.75) is 31.1 Å². The summed E-state index contributed by atoms with van der Waals surface area (Å²) in [7, 11) is -3.55. The quantitative estimate of drug-likeness (QED) is 0.765. The Kier molecular flexibility index (Phi) is 7.20. The molecule has 0 aromatic heterocycles. The molecule has 0 radical (unpaired) electrons. The summed E-state index contributed by atoms with van der Waals surface area (Å²) < 4.78 is 27.1. The van der Waals surface area contributed by atoms with E-state index in [-0.39, 0.29) is 23.8 Å². The zero-order valence-corrected chi connectivity index (χ0v) is 15.1. The molecule has 134 valence electrons. The van der Waals surface area contributed by atoms with Crippen LogP contribution in [-0.2, 0) is 14.8 Å². The van der Waals surface area contributed by atoms with Crippen molar-refractivity contribution >= 4 is 15.9 Å². The SMILES string of the molecule is CCCCN(CCC(=O)N1CCNCC1)S(=O)(=O)c1ccccc1. The zero-order chi connectivity index (χ0) is 17.4. The Morgan fingerprint density at radius 2 is 1.83 bits per heavy atom. The first-order valence-electron chi connectivity index (χ1n) is 8.59. The summed E-state index contributed by atoms with van der Waals surface area (Å²) in [5.41, 5.74) is 0. The molecule has 0 atom stereocenters. The number of benzene rings is 1. The fourth-order valence-corrected chi connectivity index (χ4v) is 4.22. The van der Waals surface area contributed by atoms with Crippen LogP contribution < -0.4 is 5.32 Å². The minimum absolute atomic E-state index is 0.0289. The van der Waals surface area contributed by atoms with E-state index in [0.717, 1.165) is 25.9 Å². The van der Waals surface area contributed by atoms with Gasteiger partial charge in [0.1, 0.15) is 0 Å². The van der Waals surface area contributed by atoms with E-state index >= 15 is 0 Å². The topological polar surface area (TPSA) is 69.7 Å². The first-order valence-corrected chi connectivity index (χ1v) is 10.0. The molecule has 1 aliphatic heterocycles. The van der Waals surface area contributed by atoms with Gasteiger partial charge in [-0.15, -0.1) is 0 Å². The standard InChI is InChI=1S/C17H27N3O3S/c1-2-3-12-20(24(22,23)16-7-5-4-6-8-16)13-9-17(21)19-14-10-18-11-15-19/h4-8,18H,2-3,9-15H2,1H3. The molecule has 0 unspecified atom stereocenters. The van der Waals surface area contributed by atoms with Gasteiger partial charge in [0.2, 0.25) is 15.9 Å². The minimum atomic E-state index is -3.55. The van der Waals surface area contributed by atoms with Crippen LogP contribution in [-0.4, -0.2) is 62.8 Å². The Balaban J connectivity index is 2.03. The van der Waals surface area contributed by atoms with Crippen LogP contribution in [0.25, 0.3) is 0 Å². The van der Waals surface area contributed by atoms with Crippen LogP contribution in [0.5, 0.6) is 0 Å². The predicted molar refractivity (Wildman–Crippen MR) is 94.2 cm³/mol. The van der Waals surface area contributed by atoms with Crippen LogP contribution in [0.1, 0.15) is 26.2 Å². The molecule has 1 fully saturated rings. The van der Waals surface area contributed by atoms with E-state index in [4.69, 9.17) is 0 Å². The molecule has 7 heteroatoms. The van der Waals surface area contributed by atoms with E-state index < -0.39 is 10.0 Å². The van der Waals surface area contributed by atoms with Gasteiger partial charge in [-0.2, -0.15) is 4.31 Å². The molecule has 1 saturated heterocycles. The third-order valence-corrected chi connectivity index (χ3v) is 6.10. The Bertz CT molecular complexity index is 613. The van der Waals surface area contributed by atoms with Crippen LogP contribution in [0.3, 0.4) is 0 Å². The number of sulfonamides is 1. The summed E-state index contributed by atoms with van der Waals surface area (Å²) in [6, 6.07) is 8.44. The number of hydrogen-bond acceptors (Lipinski definition) is 4. The summed E-state index contributed by atoms with van der Waals surface area (Å²) in [5, 5.41) is 3.21. The van der Waals surface area contributed by atoms with Crippen molar-refractivity contribution in [2.24, 2.45) is 0 Å². The lowest BCUT2D eigenvalue weighted by atomic mass is 10.3. The van der Waals surface area contributed by atoms with Gasteiger partial charge in [0.25, 0.3) is 0 Å². The van der Waals surface area contributed by atoms with Crippen LogP contribution in [0.4, 0.5) is 0 Å². The van der Waals surface area contributed by atoms with Crippen molar-refractivity contribution in [3.05, 3.63) is 30.3 Å². The van der Waals surface area contributed by atoms with Crippen molar-refractivity contribution in [2.75, 3.05) is 39.3 Å². The molecule has 1 N–H and O–H groups in total. The Morgan fingerprint density at radius 1 is 1.17 bits per heavy atom. The third kappa shape index (κ3) is 5.03. The van der Waals surface area contributed by atoms with Crippen molar-refractivity contribution < 1.29 is 13.2 Å². The number of piperazine rings is 1. The average Bonchev–Trinajstić information content (AvgIpc) is 2.62. The first kappa shape index (κ1) is 18.9. The molecule has 1 aromatic rings. The first-order chi connectivity index (χ1) is 11.6. The Morgan fingerprint density at radius 3 is 2.46 bits per heavy atom. The lowest BCUT2D eigenvalue weighted by Crippen LogP contribution is -2.47. The van der Waals surface area contributed by atoms with Gasteiger partial charge in [-0.25, -0.2) is 8.42 Å². The van der Waals surface area contributed by atoms with Gasteiger partial charge in [0, 0.05) is 45.7 Å². The maximum absolute atomic E-state index is 12.8. The summed E-state index contributed by atoms with van der Waals surface area (Å²) in [6.07, 6.45) is 1.93. The summed E-state index contributed by atoms with van der Waals surface area (Å²) in [4.78, 5) is 14.4. The van der Waals surface area contributed by atoms with Crippen molar-refractivity contribution in [1.82, 2.24) is 14.5 Å². The normalized spacial score (nSPS) is 15.7. The summed E-state index contributed by atoms with van der Waals surface area (Å²) >= 11 is 0. The molecule has 0 spiro atoms. The van der Waals surface area contributed by atoms with Crippen molar-refractivity contribution in [3.63, 3.8) is 0 Å². The monoisotopic (exact) mass is 353 g/mol. The minimum Gasteiger partial charge on any atom is -0.340 e. The maximum Gasteiger partial charge on any atom is 0.243 e. The number of carbonyl (C=O) groups excluding carboxylic acids is 1. The molecule has 1 amide bonds. The second-order valence-corrected chi connectivity index (χ2v) is 7.89. The molecule has 0 aliphatic carbocycles. The molecule has 0 saturated carbocycles. The highest BCUT2D eigenvalue weighted by Gasteiger charge is 2.25. The second-order valence-electron chi connectivity index (χ2n) is 5.95. The Labute approximate surface area is 144 Å². The van der Waals surface area contributed by atoms with Crippen molar-refractivity contribution in [3.8, 4) is 0 Å². The maximum atomic E-state index is 12.8. The molecule has 1 aliphatic rings. The number of hydrogen-bond donors (Lipinski definition) is 1. The number of nitrogens with zero attached hydrogens (tertiary/aromatic N) is 2. The molecular weight excluding hydrogens is 326 g/mol. The van der Waals surface area contributed by atoms with Crippen molar-refractivity contribution in [1.29, 1.82) is 0 Å². The van der Waals surface area contributed by atoms with Gasteiger partial charge in [0.15, 0.2) is 0 Å². The molecule has 6 nitrogen and oxygen atoms in total. The fraction of sp³-hybridized carbons (Fsp3) is 0.588. The van der Waals surface area contributed by atoms with Gasteiger partial charge in [-0.3, -0.25) is 4.79 Å². The van der Waals surface area contributed by atoms with Gasteiger partial charge in [-0.1, -0.05) is 31.5 Å². The van der Waals surface area contributed by atoms with Crippen LogP contribution >= 0.6 is 0 Å². The predicted octanol–water partition coefficient (Wildman–Crippen LogP) is 1.30. The van der Waals surface area contributed by atoms with Gasteiger partial charge in [0.05, 0.1) is 4.90 Å². The van der Waals surface area contributed by atoms with E-state index in [9.17, 15) is 13.2 Å². The average molecular weight is 353 g/mol. The number of nitrogens with one attached hydrogen (secondary N) is 1. The second kappa shape index (κ2) is 9.15.